The van der Waals surface area contributed by atoms with E-state index < -0.39 is 12.0 Å². The molecule has 0 saturated carbocycles. The monoisotopic (exact) mass is 326 g/mol. The number of anilines is 1. The molecule has 0 aliphatic carbocycles. The number of carboxylic acids is 1. The Morgan fingerprint density at radius 2 is 2.21 bits per heavy atom. The first-order valence-corrected chi connectivity index (χ1v) is 6.89. The van der Waals surface area contributed by atoms with Gasteiger partial charge >= 0.3 is 5.97 Å². The van der Waals surface area contributed by atoms with Crippen molar-refractivity contribution >= 4 is 33.5 Å². The molecule has 0 aromatic heterocycles. The largest absolute Gasteiger partial charge is 0.481 e. The molecule has 1 saturated heterocycles. The van der Waals surface area contributed by atoms with E-state index >= 15 is 0 Å². The van der Waals surface area contributed by atoms with Crippen molar-refractivity contribution in [3.05, 3.63) is 28.7 Å². The van der Waals surface area contributed by atoms with E-state index in [1.54, 1.807) is 0 Å². The van der Waals surface area contributed by atoms with Crippen LogP contribution in [-0.2, 0) is 9.59 Å². The number of carbonyl (C=O) groups excluding carboxylic acids is 1. The maximum absolute atomic E-state index is 12.0. The number of hydrogen-bond donors (Lipinski definition) is 2. The minimum atomic E-state index is -0.973. The van der Waals surface area contributed by atoms with Gasteiger partial charge in [-0.05, 0) is 34.5 Å². The zero-order valence-electron chi connectivity index (χ0n) is 10.3. The third-order valence-corrected chi connectivity index (χ3v) is 3.75. The predicted octanol–water partition coefficient (Wildman–Crippen LogP) is 1.62. The number of carboxylic acid groups (broad SMARTS) is 1. The maximum Gasteiger partial charge on any atom is 0.305 e. The number of hydrogen-bond acceptors (Lipinski definition) is 3. The van der Waals surface area contributed by atoms with Gasteiger partial charge in [0.2, 0.25) is 5.91 Å². The Balaban J connectivity index is 2.35. The fourth-order valence-corrected chi connectivity index (χ4v) is 2.73. The van der Waals surface area contributed by atoms with Gasteiger partial charge in [0.05, 0.1) is 12.1 Å². The molecule has 0 radical (unpaired) electrons. The van der Waals surface area contributed by atoms with Crippen molar-refractivity contribution in [2.24, 2.45) is 0 Å². The number of amides is 1. The Labute approximate surface area is 119 Å². The summed E-state index contributed by atoms with van der Waals surface area (Å²) in [6, 6.07) is 6.87. The molecule has 1 heterocycles. The molecule has 1 aliphatic rings. The van der Waals surface area contributed by atoms with Crippen molar-refractivity contribution in [3.63, 3.8) is 0 Å². The molecule has 1 atom stereocenters. The second-order valence-electron chi connectivity index (χ2n) is 4.40. The second-order valence-corrected chi connectivity index (χ2v) is 5.26. The van der Waals surface area contributed by atoms with Crippen LogP contribution in [0.1, 0.15) is 12.8 Å². The Morgan fingerprint density at radius 3 is 2.89 bits per heavy atom. The van der Waals surface area contributed by atoms with E-state index in [1.165, 1.54) is 0 Å². The van der Waals surface area contributed by atoms with Crippen molar-refractivity contribution < 1.29 is 14.7 Å². The summed E-state index contributed by atoms with van der Waals surface area (Å²) in [6.07, 6.45) is 0.594. The second kappa shape index (κ2) is 6.06. The molecule has 2 N–H and O–H groups in total. The Morgan fingerprint density at radius 1 is 1.47 bits per heavy atom. The van der Waals surface area contributed by atoms with Gasteiger partial charge < -0.3 is 15.3 Å². The fourth-order valence-electron chi connectivity index (χ4n) is 2.22. The molecule has 1 unspecified atom stereocenters. The van der Waals surface area contributed by atoms with Gasteiger partial charge in [-0.25, -0.2) is 0 Å². The molecular formula is C13H15BrN2O3. The van der Waals surface area contributed by atoms with Crippen LogP contribution in [0.4, 0.5) is 5.69 Å². The summed E-state index contributed by atoms with van der Waals surface area (Å²) in [5.41, 5.74) is 0.853. The van der Waals surface area contributed by atoms with Gasteiger partial charge in [0.15, 0.2) is 0 Å². The summed E-state index contributed by atoms with van der Waals surface area (Å²) in [5.74, 6) is -1.20. The van der Waals surface area contributed by atoms with Crippen molar-refractivity contribution in [2.75, 3.05) is 18.0 Å². The van der Waals surface area contributed by atoms with Crippen LogP contribution in [0.3, 0.4) is 0 Å². The first-order chi connectivity index (χ1) is 9.09. The van der Waals surface area contributed by atoms with E-state index in [0.29, 0.717) is 13.1 Å². The number of carbonyl (C=O) groups is 2. The zero-order valence-corrected chi connectivity index (χ0v) is 11.9. The lowest BCUT2D eigenvalue weighted by molar-refractivity contribution is -0.139. The quantitative estimate of drug-likeness (QED) is 0.885. The van der Waals surface area contributed by atoms with E-state index in [2.05, 4.69) is 21.2 Å². The van der Waals surface area contributed by atoms with Crippen LogP contribution in [0.25, 0.3) is 0 Å². The highest BCUT2D eigenvalue weighted by Crippen LogP contribution is 2.29. The van der Waals surface area contributed by atoms with E-state index in [0.717, 1.165) is 16.6 Å². The highest BCUT2D eigenvalue weighted by atomic mass is 79.9. The van der Waals surface area contributed by atoms with Crippen LogP contribution < -0.4 is 10.2 Å². The summed E-state index contributed by atoms with van der Waals surface area (Å²) < 4.78 is 0.861. The Hall–Kier alpha value is -1.56. The molecule has 0 spiro atoms. The van der Waals surface area contributed by atoms with Crippen molar-refractivity contribution in [1.82, 2.24) is 5.32 Å². The van der Waals surface area contributed by atoms with Crippen molar-refractivity contribution in [3.8, 4) is 0 Å². The van der Waals surface area contributed by atoms with Gasteiger partial charge in [-0.15, -0.1) is 0 Å². The van der Waals surface area contributed by atoms with Gasteiger partial charge in [-0.1, -0.05) is 12.1 Å². The molecule has 1 aromatic carbocycles. The van der Waals surface area contributed by atoms with E-state index in [9.17, 15) is 9.59 Å². The summed E-state index contributed by atoms with van der Waals surface area (Å²) in [7, 11) is 0. The highest BCUT2D eigenvalue weighted by Gasteiger charge is 2.31. The highest BCUT2D eigenvalue weighted by molar-refractivity contribution is 9.10. The third kappa shape index (κ3) is 3.26. The van der Waals surface area contributed by atoms with Gasteiger partial charge in [-0.3, -0.25) is 9.59 Å². The third-order valence-electron chi connectivity index (χ3n) is 3.08. The first kappa shape index (κ1) is 13.9. The van der Waals surface area contributed by atoms with Crippen LogP contribution in [0, 0.1) is 0 Å². The number of para-hydroxylation sites is 1. The van der Waals surface area contributed by atoms with Gasteiger partial charge in [0.1, 0.15) is 6.04 Å². The molecular weight excluding hydrogens is 312 g/mol. The average Bonchev–Trinajstić information content (AvgIpc) is 2.53. The van der Waals surface area contributed by atoms with Crippen LogP contribution in [0.5, 0.6) is 0 Å². The van der Waals surface area contributed by atoms with Gasteiger partial charge in [-0.2, -0.15) is 0 Å². The molecule has 6 heteroatoms. The van der Waals surface area contributed by atoms with Crippen molar-refractivity contribution in [1.29, 1.82) is 0 Å². The van der Waals surface area contributed by atoms with E-state index in [1.807, 2.05) is 29.2 Å². The number of benzene rings is 1. The van der Waals surface area contributed by atoms with Crippen LogP contribution >= 0.6 is 15.9 Å². The standard InChI is InChI=1S/C13H15BrN2O3/c14-9-4-1-2-5-10(9)16-7-3-6-15-13(19)11(16)8-12(17)18/h1-2,4-5,11H,3,6-8H2,(H,15,19)(H,17,18). The van der Waals surface area contributed by atoms with Gasteiger partial charge in [0, 0.05) is 17.6 Å². The molecule has 1 fully saturated rings. The maximum atomic E-state index is 12.0. The predicted molar refractivity (Wildman–Crippen MR) is 75.2 cm³/mol. The summed E-state index contributed by atoms with van der Waals surface area (Å²) in [5, 5.41) is 11.8. The molecule has 19 heavy (non-hydrogen) atoms. The summed E-state index contributed by atoms with van der Waals surface area (Å²) in [6.45, 7) is 1.23. The molecule has 1 aromatic rings. The number of aliphatic carboxylic acids is 1. The molecule has 5 nitrogen and oxygen atoms in total. The number of nitrogens with zero attached hydrogens (tertiary/aromatic N) is 1. The minimum absolute atomic E-state index is 0.201. The number of rotatable bonds is 3. The number of nitrogens with one attached hydrogen (secondary N) is 1. The first-order valence-electron chi connectivity index (χ1n) is 6.10. The van der Waals surface area contributed by atoms with E-state index in [-0.39, 0.29) is 12.3 Å². The molecule has 102 valence electrons. The zero-order chi connectivity index (χ0) is 13.8. The molecule has 2 rings (SSSR count). The lowest BCUT2D eigenvalue weighted by atomic mass is 10.1. The van der Waals surface area contributed by atoms with E-state index in [4.69, 9.17) is 5.11 Å². The molecule has 1 aliphatic heterocycles. The smallest absolute Gasteiger partial charge is 0.305 e. The fraction of sp³-hybridized carbons (Fsp3) is 0.385. The number of halogens is 1. The lowest BCUT2D eigenvalue weighted by Gasteiger charge is -2.30. The topological polar surface area (TPSA) is 69.6 Å². The Kier molecular flexibility index (Phi) is 4.42. The van der Waals surface area contributed by atoms with Crippen LogP contribution in [0.2, 0.25) is 0 Å². The average molecular weight is 327 g/mol. The van der Waals surface area contributed by atoms with Crippen LogP contribution in [0.15, 0.2) is 28.7 Å². The summed E-state index contributed by atoms with van der Waals surface area (Å²) >= 11 is 3.45. The lowest BCUT2D eigenvalue weighted by Crippen LogP contribution is -2.45. The SMILES string of the molecule is O=C(O)CC1C(=O)NCCCN1c1ccccc1Br. The molecule has 0 bridgehead atoms. The normalized spacial score (nSPS) is 19.7. The Bertz CT molecular complexity index is 493. The summed E-state index contributed by atoms with van der Waals surface area (Å²) in [4.78, 5) is 24.8. The van der Waals surface area contributed by atoms with Gasteiger partial charge in [0.25, 0.3) is 0 Å². The van der Waals surface area contributed by atoms with Crippen LogP contribution in [-0.4, -0.2) is 36.1 Å². The molecule has 1 amide bonds. The minimum Gasteiger partial charge on any atom is -0.481 e. The van der Waals surface area contributed by atoms with Crippen molar-refractivity contribution in [2.45, 2.75) is 18.9 Å².